The van der Waals surface area contributed by atoms with Crippen LogP contribution in [0.25, 0.3) is 0 Å². The molecule has 36 valence electrons. The van der Waals surface area contributed by atoms with Crippen molar-refractivity contribution in [3.8, 4) is 0 Å². The van der Waals surface area contributed by atoms with Gasteiger partial charge in [0.25, 0.3) is 0 Å². The number of hydrogen-bond acceptors (Lipinski definition) is 3. The molecule has 0 aromatic rings. The van der Waals surface area contributed by atoms with Gasteiger partial charge < -0.3 is 0 Å². The Bertz CT molecular complexity index is 49.5. The zero-order chi connectivity index (χ0) is 4.99. The van der Waals surface area contributed by atoms with Crippen LogP contribution in [-0.2, 0) is 0 Å². The van der Waals surface area contributed by atoms with Gasteiger partial charge in [-0.3, -0.25) is 10.7 Å². The van der Waals surface area contributed by atoms with Crippen molar-refractivity contribution in [1.82, 2.24) is 5.48 Å². The topological polar surface area (TPSA) is 32.3 Å². The monoisotopic (exact) mass is 123 g/mol. The fourth-order valence-electron chi connectivity index (χ4n) is 0.0354. The molecule has 0 heterocycles. The van der Waals surface area contributed by atoms with E-state index in [-0.39, 0.29) is 0 Å². The third-order valence-corrected chi connectivity index (χ3v) is 1.03. The van der Waals surface area contributed by atoms with Crippen molar-refractivity contribution in [2.24, 2.45) is 0 Å². The van der Waals surface area contributed by atoms with E-state index in [2.05, 4.69) is 24.8 Å². The average Bonchev–Trinajstić information content (AvgIpc) is 1.65. The Morgan fingerprint density at radius 2 is 2.50 bits per heavy atom. The van der Waals surface area contributed by atoms with Crippen LogP contribution >= 0.6 is 24.8 Å². The van der Waals surface area contributed by atoms with Crippen LogP contribution in [0.3, 0.4) is 0 Å². The van der Waals surface area contributed by atoms with Crippen molar-refractivity contribution in [2.75, 3.05) is 5.75 Å². The van der Waals surface area contributed by atoms with Crippen molar-refractivity contribution in [3.63, 3.8) is 0 Å². The van der Waals surface area contributed by atoms with Crippen LogP contribution in [0.2, 0.25) is 0 Å². The zero-order valence-corrected chi connectivity index (χ0v) is 4.72. The average molecular weight is 123 g/mol. The fraction of sp³-hybridized carbons (Fsp3) is 0.500. The second-order valence-corrected chi connectivity index (χ2v) is 1.50. The quantitative estimate of drug-likeness (QED) is 0.265. The molecule has 0 aromatic carbocycles. The minimum Gasteiger partial charge on any atom is -0.291 e. The summed E-state index contributed by atoms with van der Waals surface area (Å²) in [5.74, 6) is 0.395. The highest BCUT2D eigenvalue weighted by Gasteiger charge is 1.81. The minimum absolute atomic E-state index is 0.346. The largest absolute Gasteiger partial charge is 0.291 e. The van der Waals surface area contributed by atoms with Crippen molar-refractivity contribution in [1.29, 1.82) is 0 Å². The van der Waals surface area contributed by atoms with Gasteiger partial charge in [0.1, 0.15) is 4.99 Å². The van der Waals surface area contributed by atoms with Gasteiger partial charge in [-0.05, 0) is 0 Å². The van der Waals surface area contributed by atoms with Crippen LogP contribution in [0.4, 0.5) is 0 Å². The number of rotatable bonds is 1. The van der Waals surface area contributed by atoms with Crippen LogP contribution in [0.1, 0.15) is 0 Å². The van der Waals surface area contributed by atoms with Gasteiger partial charge in [-0.2, -0.15) is 12.6 Å². The highest BCUT2D eigenvalue weighted by Crippen LogP contribution is 1.72. The molecule has 0 aliphatic heterocycles. The molecule has 0 radical (unpaired) electrons. The summed E-state index contributed by atoms with van der Waals surface area (Å²) in [4.78, 5) is 0.346. The minimum atomic E-state index is 0.346. The number of thiocarbonyl (C=S) groups is 1. The van der Waals surface area contributed by atoms with Crippen LogP contribution < -0.4 is 5.48 Å². The smallest absolute Gasteiger partial charge is 0.110 e. The van der Waals surface area contributed by atoms with Gasteiger partial charge in [-0.15, -0.1) is 0 Å². The third-order valence-electron chi connectivity index (χ3n) is 0.268. The second-order valence-electron chi connectivity index (χ2n) is 0.693. The van der Waals surface area contributed by atoms with E-state index in [9.17, 15) is 0 Å². The molecule has 0 amide bonds. The van der Waals surface area contributed by atoms with E-state index in [1.54, 1.807) is 5.48 Å². The van der Waals surface area contributed by atoms with E-state index in [1.807, 2.05) is 0 Å². The van der Waals surface area contributed by atoms with Crippen LogP contribution in [0.5, 0.6) is 0 Å². The summed E-state index contributed by atoms with van der Waals surface area (Å²) in [6.45, 7) is 0. The lowest BCUT2D eigenvalue weighted by atomic mass is 10.8. The number of hydroxylamine groups is 1. The number of hydrogen-bond donors (Lipinski definition) is 3. The molecule has 0 aliphatic carbocycles. The maximum atomic E-state index is 7.89. The van der Waals surface area contributed by atoms with Crippen molar-refractivity contribution >= 4 is 29.8 Å². The number of thiol groups is 1. The lowest BCUT2D eigenvalue weighted by Gasteiger charge is -1.89. The van der Waals surface area contributed by atoms with Crippen LogP contribution in [-0.4, -0.2) is 15.9 Å². The predicted octanol–water partition coefficient (Wildman–Crippen LogP) is 0.222. The molecule has 2 nitrogen and oxygen atoms in total. The van der Waals surface area contributed by atoms with Crippen LogP contribution in [0.15, 0.2) is 0 Å². The van der Waals surface area contributed by atoms with E-state index in [4.69, 9.17) is 5.21 Å². The molecule has 4 heteroatoms. The van der Waals surface area contributed by atoms with Gasteiger partial charge in [0.2, 0.25) is 0 Å². The Hall–Kier alpha value is 0.200. The normalized spacial score (nSPS) is 7.67. The summed E-state index contributed by atoms with van der Waals surface area (Å²) < 4.78 is 0. The lowest BCUT2D eigenvalue weighted by Crippen LogP contribution is -2.16. The highest BCUT2D eigenvalue weighted by atomic mass is 32.1. The molecule has 2 N–H and O–H groups in total. The summed E-state index contributed by atoms with van der Waals surface area (Å²) in [6.07, 6.45) is 0. The number of nitrogens with one attached hydrogen (secondary N) is 1. The summed E-state index contributed by atoms with van der Waals surface area (Å²) >= 11 is 8.15. The van der Waals surface area contributed by atoms with Crippen LogP contribution in [0, 0.1) is 0 Å². The molecule has 0 saturated heterocycles. The van der Waals surface area contributed by atoms with Gasteiger partial charge in [-0.1, -0.05) is 12.2 Å². The SMILES string of the molecule is ONC(=S)CS. The molecule has 0 bridgehead atoms. The molecule has 0 saturated carbocycles. The fourth-order valence-corrected chi connectivity index (χ4v) is 0.106. The maximum Gasteiger partial charge on any atom is 0.110 e. The van der Waals surface area contributed by atoms with E-state index in [0.29, 0.717) is 10.7 Å². The van der Waals surface area contributed by atoms with Gasteiger partial charge in [0.05, 0.1) is 0 Å². The molecule has 0 spiro atoms. The first-order valence-electron chi connectivity index (χ1n) is 1.35. The molecule has 0 rings (SSSR count). The molecular weight excluding hydrogens is 118 g/mol. The molecular formula is C2H5NOS2. The van der Waals surface area contributed by atoms with Gasteiger partial charge in [-0.25, -0.2) is 0 Å². The second kappa shape index (κ2) is 3.39. The Balaban J connectivity index is 2.99. The van der Waals surface area contributed by atoms with E-state index < -0.39 is 0 Å². The van der Waals surface area contributed by atoms with Crippen molar-refractivity contribution in [2.45, 2.75) is 0 Å². The summed E-state index contributed by atoms with van der Waals surface area (Å²) in [5.41, 5.74) is 1.77. The standard InChI is InChI=1S/C2H5NOS2/c4-3-2(6)1-5/h4-5H,1H2,(H,3,6). The third kappa shape index (κ3) is 2.44. The van der Waals surface area contributed by atoms with Gasteiger partial charge in [0.15, 0.2) is 0 Å². The predicted molar refractivity (Wildman–Crippen MR) is 31.4 cm³/mol. The summed E-state index contributed by atoms with van der Waals surface area (Å²) in [6, 6.07) is 0. The Morgan fingerprint density at radius 1 is 2.00 bits per heavy atom. The molecule has 6 heavy (non-hydrogen) atoms. The first-order chi connectivity index (χ1) is 2.81. The first kappa shape index (κ1) is 6.20. The molecule has 0 atom stereocenters. The van der Waals surface area contributed by atoms with Crippen molar-refractivity contribution in [3.05, 3.63) is 0 Å². The summed E-state index contributed by atoms with van der Waals surface area (Å²) in [7, 11) is 0. The first-order valence-corrected chi connectivity index (χ1v) is 2.39. The van der Waals surface area contributed by atoms with Gasteiger partial charge in [0, 0.05) is 5.75 Å². The highest BCUT2D eigenvalue weighted by molar-refractivity contribution is 7.86. The molecule has 0 aliphatic rings. The van der Waals surface area contributed by atoms with Gasteiger partial charge >= 0.3 is 0 Å². The molecule has 0 aromatic heterocycles. The Labute approximate surface area is 46.9 Å². The van der Waals surface area contributed by atoms with Crippen molar-refractivity contribution < 1.29 is 5.21 Å². The van der Waals surface area contributed by atoms with E-state index in [0.717, 1.165) is 0 Å². The zero-order valence-electron chi connectivity index (χ0n) is 3.01. The Morgan fingerprint density at radius 3 is 2.50 bits per heavy atom. The lowest BCUT2D eigenvalue weighted by molar-refractivity contribution is 0.237. The molecule has 0 unspecified atom stereocenters. The maximum absolute atomic E-state index is 7.89. The molecule has 0 fully saturated rings. The Kier molecular flexibility index (Phi) is 3.51. The summed E-state index contributed by atoms with van der Waals surface area (Å²) in [5, 5.41) is 7.89. The van der Waals surface area contributed by atoms with E-state index in [1.165, 1.54) is 0 Å². The van der Waals surface area contributed by atoms with E-state index >= 15 is 0 Å².